The van der Waals surface area contributed by atoms with Gasteiger partial charge in [0.25, 0.3) is 0 Å². The van der Waals surface area contributed by atoms with E-state index in [-0.39, 0.29) is 68.9 Å². The number of aliphatic hydroxyl groups is 2. The van der Waals surface area contributed by atoms with Crippen LogP contribution in [-0.2, 0) is 6.42 Å². The minimum absolute atomic E-state index is 0.0743. The summed E-state index contributed by atoms with van der Waals surface area (Å²) in [6.07, 6.45) is -4.89. The first-order valence-electron chi connectivity index (χ1n) is 12.7. The quantitative estimate of drug-likeness (QED) is 0.166. The standard InChI is InChI=1S/C30H26O11/c31-14-3-4-15(19(34)9-14)25-26-24(40-29(27(25)39)13-2-6-18(33)22(37)8-13)11-20(35)16-10-23(38)28(41-30(16)26)12-1-5-17(32)21(36)7-12/h1-9,11,23,25,27-29,31-39H,10H2/t23-,25+,27+,28+,29+/m0/s1. The second-order valence-corrected chi connectivity index (χ2v) is 10.2. The van der Waals surface area contributed by atoms with Crippen molar-refractivity contribution >= 4 is 0 Å². The molecule has 0 saturated heterocycles. The van der Waals surface area contributed by atoms with Crippen molar-refractivity contribution in [3.63, 3.8) is 0 Å². The molecule has 4 aromatic rings. The summed E-state index contributed by atoms with van der Waals surface area (Å²) < 4.78 is 12.4. The molecule has 0 amide bonds. The highest BCUT2D eigenvalue weighted by Crippen LogP contribution is 2.56. The Morgan fingerprint density at radius 2 is 1.22 bits per heavy atom. The number of fused-ring (bicyclic) bond motifs is 3. The van der Waals surface area contributed by atoms with E-state index >= 15 is 0 Å². The molecule has 0 unspecified atom stereocenters. The zero-order valence-corrected chi connectivity index (χ0v) is 21.2. The minimum Gasteiger partial charge on any atom is -0.508 e. The summed E-state index contributed by atoms with van der Waals surface area (Å²) in [7, 11) is 0. The monoisotopic (exact) mass is 562 g/mol. The maximum atomic E-state index is 11.7. The van der Waals surface area contributed by atoms with E-state index in [4.69, 9.17) is 9.47 Å². The van der Waals surface area contributed by atoms with Crippen molar-refractivity contribution in [3.8, 4) is 51.7 Å². The molecule has 212 valence electrons. The van der Waals surface area contributed by atoms with E-state index in [1.165, 1.54) is 54.6 Å². The molecular weight excluding hydrogens is 536 g/mol. The van der Waals surface area contributed by atoms with Gasteiger partial charge in [0, 0.05) is 41.2 Å². The van der Waals surface area contributed by atoms with E-state index in [1.807, 2.05) is 0 Å². The normalized spacial score (nSPS) is 23.1. The lowest BCUT2D eigenvalue weighted by Gasteiger charge is -2.41. The Morgan fingerprint density at radius 1 is 0.585 bits per heavy atom. The topological polar surface area (TPSA) is 201 Å². The number of hydrogen-bond donors (Lipinski definition) is 9. The second kappa shape index (κ2) is 9.58. The van der Waals surface area contributed by atoms with E-state index in [2.05, 4.69) is 0 Å². The molecule has 0 aromatic heterocycles. The van der Waals surface area contributed by atoms with Gasteiger partial charge in [-0.3, -0.25) is 0 Å². The van der Waals surface area contributed by atoms with Crippen LogP contribution in [0, 0.1) is 0 Å². The zero-order chi connectivity index (χ0) is 29.2. The Morgan fingerprint density at radius 3 is 1.83 bits per heavy atom. The Kier molecular flexibility index (Phi) is 6.13. The highest BCUT2D eigenvalue weighted by Gasteiger charge is 2.45. The molecular formula is C30H26O11. The first-order valence-corrected chi connectivity index (χ1v) is 12.7. The van der Waals surface area contributed by atoms with Crippen LogP contribution in [0.3, 0.4) is 0 Å². The van der Waals surface area contributed by atoms with Gasteiger partial charge in [0.1, 0.15) is 41.0 Å². The molecule has 11 heteroatoms. The largest absolute Gasteiger partial charge is 0.508 e. The number of aliphatic hydroxyl groups excluding tert-OH is 2. The molecule has 4 aromatic carbocycles. The third kappa shape index (κ3) is 4.31. The number of phenols is 7. The smallest absolute Gasteiger partial charge is 0.157 e. The van der Waals surface area contributed by atoms with Crippen LogP contribution in [0.1, 0.15) is 45.9 Å². The molecule has 11 nitrogen and oxygen atoms in total. The Bertz CT molecular complexity index is 1670. The summed E-state index contributed by atoms with van der Waals surface area (Å²) in [5, 5.41) is 94.1. The van der Waals surface area contributed by atoms with Gasteiger partial charge in [0.2, 0.25) is 0 Å². The van der Waals surface area contributed by atoms with Crippen LogP contribution < -0.4 is 9.47 Å². The van der Waals surface area contributed by atoms with E-state index in [9.17, 15) is 46.0 Å². The third-order valence-electron chi connectivity index (χ3n) is 7.59. The molecule has 0 radical (unpaired) electrons. The second-order valence-electron chi connectivity index (χ2n) is 10.2. The fraction of sp³-hybridized carbons (Fsp3) is 0.200. The van der Waals surface area contributed by atoms with Crippen LogP contribution in [0.5, 0.6) is 51.7 Å². The van der Waals surface area contributed by atoms with Crippen molar-refractivity contribution in [1.29, 1.82) is 0 Å². The van der Waals surface area contributed by atoms with Crippen LogP contribution in [0.4, 0.5) is 0 Å². The first-order chi connectivity index (χ1) is 19.5. The Hall–Kier alpha value is -5.00. The molecule has 0 spiro atoms. The van der Waals surface area contributed by atoms with Gasteiger partial charge in [-0.25, -0.2) is 0 Å². The SMILES string of the molecule is Oc1ccc([C@@H]2c3c(cc(O)c4c3O[C@H](c3ccc(O)c(O)c3)[C@@H](O)C4)O[C@H](c3ccc(O)c(O)c3)[C@@H]2O)c(O)c1. The molecule has 41 heavy (non-hydrogen) atoms. The molecule has 9 N–H and O–H groups in total. The fourth-order valence-electron chi connectivity index (χ4n) is 5.60. The van der Waals surface area contributed by atoms with Crippen molar-refractivity contribution < 1.29 is 55.4 Å². The van der Waals surface area contributed by atoms with Crippen LogP contribution in [-0.4, -0.2) is 58.2 Å². The number of aromatic hydroxyl groups is 7. The lowest BCUT2D eigenvalue weighted by atomic mass is 9.77. The number of hydrogen-bond acceptors (Lipinski definition) is 11. The van der Waals surface area contributed by atoms with Crippen molar-refractivity contribution in [2.75, 3.05) is 0 Å². The van der Waals surface area contributed by atoms with E-state index < -0.39 is 41.8 Å². The molecule has 0 fully saturated rings. The molecule has 2 heterocycles. The highest BCUT2D eigenvalue weighted by atomic mass is 16.5. The Balaban J connectivity index is 1.55. The van der Waals surface area contributed by atoms with E-state index in [1.54, 1.807) is 0 Å². The highest BCUT2D eigenvalue weighted by molar-refractivity contribution is 5.64. The van der Waals surface area contributed by atoms with Gasteiger partial charge >= 0.3 is 0 Å². The summed E-state index contributed by atoms with van der Waals surface area (Å²) in [6, 6.07) is 13.0. The third-order valence-corrected chi connectivity index (χ3v) is 7.59. The number of phenolic OH excluding ortho intramolecular Hbond substituents is 7. The predicted octanol–water partition coefficient (Wildman–Crippen LogP) is 3.29. The summed E-state index contributed by atoms with van der Waals surface area (Å²) in [5.41, 5.74) is 1.26. The van der Waals surface area contributed by atoms with Crippen LogP contribution in [0.15, 0.2) is 60.7 Å². The molecule has 2 aliphatic rings. The lowest BCUT2D eigenvalue weighted by Crippen LogP contribution is -2.37. The first kappa shape index (κ1) is 26.2. The van der Waals surface area contributed by atoms with Gasteiger partial charge in [-0.05, 0) is 41.5 Å². The van der Waals surface area contributed by atoms with Crippen molar-refractivity contribution in [1.82, 2.24) is 0 Å². The van der Waals surface area contributed by atoms with Crippen molar-refractivity contribution in [2.45, 2.75) is 36.8 Å². The molecule has 5 atom stereocenters. The predicted molar refractivity (Wildman–Crippen MR) is 142 cm³/mol. The van der Waals surface area contributed by atoms with Gasteiger partial charge in [0.15, 0.2) is 29.1 Å². The van der Waals surface area contributed by atoms with Gasteiger partial charge in [-0.15, -0.1) is 0 Å². The minimum atomic E-state index is -1.43. The van der Waals surface area contributed by atoms with E-state index in [0.29, 0.717) is 5.56 Å². The number of benzene rings is 4. The molecule has 0 saturated carbocycles. The summed E-state index contributed by atoms with van der Waals surface area (Å²) in [5.74, 6) is -3.35. The molecule has 0 aliphatic carbocycles. The van der Waals surface area contributed by atoms with Gasteiger partial charge in [-0.1, -0.05) is 18.2 Å². The zero-order valence-electron chi connectivity index (χ0n) is 21.2. The summed E-state index contributed by atoms with van der Waals surface area (Å²) in [6.45, 7) is 0. The molecule has 0 bridgehead atoms. The van der Waals surface area contributed by atoms with Crippen molar-refractivity contribution in [2.24, 2.45) is 0 Å². The number of ether oxygens (including phenoxy) is 2. The van der Waals surface area contributed by atoms with E-state index in [0.717, 1.165) is 6.07 Å². The molecule has 6 rings (SSSR count). The number of rotatable bonds is 3. The summed E-state index contributed by atoms with van der Waals surface area (Å²) >= 11 is 0. The average molecular weight is 563 g/mol. The maximum absolute atomic E-state index is 11.7. The Labute approximate surface area is 232 Å². The van der Waals surface area contributed by atoms with Gasteiger partial charge < -0.3 is 55.4 Å². The van der Waals surface area contributed by atoms with Crippen LogP contribution >= 0.6 is 0 Å². The van der Waals surface area contributed by atoms with Gasteiger partial charge in [0.05, 0.1) is 6.10 Å². The molecule has 2 aliphatic heterocycles. The lowest BCUT2D eigenvalue weighted by molar-refractivity contribution is -0.00244. The average Bonchev–Trinajstić information content (AvgIpc) is 2.92. The summed E-state index contributed by atoms with van der Waals surface area (Å²) in [4.78, 5) is 0. The van der Waals surface area contributed by atoms with Crippen LogP contribution in [0.2, 0.25) is 0 Å². The van der Waals surface area contributed by atoms with Gasteiger partial charge in [-0.2, -0.15) is 0 Å². The van der Waals surface area contributed by atoms with Crippen LogP contribution in [0.25, 0.3) is 0 Å². The maximum Gasteiger partial charge on any atom is 0.157 e. The van der Waals surface area contributed by atoms with Crippen molar-refractivity contribution in [3.05, 3.63) is 88.5 Å². The fourth-order valence-corrected chi connectivity index (χ4v) is 5.60.